The van der Waals surface area contributed by atoms with E-state index in [1.54, 1.807) is 12.5 Å². The van der Waals surface area contributed by atoms with Crippen molar-refractivity contribution in [1.82, 2.24) is 10.3 Å². The lowest BCUT2D eigenvalue weighted by Gasteiger charge is -2.04. The molecule has 4 nitrogen and oxygen atoms in total. The van der Waals surface area contributed by atoms with Gasteiger partial charge in [0.25, 0.3) is 0 Å². The summed E-state index contributed by atoms with van der Waals surface area (Å²) in [4.78, 5) is 4.14. The lowest BCUT2D eigenvalue weighted by Crippen LogP contribution is -2.12. The predicted octanol–water partition coefficient (Wildman–Crippen LogP) is 1.42. The monoisotopic (exact) mass is 217 g/mol. The molecule has 2 heterocycles. The van der Waals surface area contributed by atoms with E-state index in [0.29, 0.717) is 6.54 Å². The summed E-state index contributed by atoms with van der Waals surface area (Å²) in [6.07, 6.45) is 3.46. The highest BCUT2D eigenvalue weighted by Crippen LogP contribution is 2.03. The highest BCUT2D eigenvalue weighted by Gasteiger charge is 1.97. The molecule has 0 bridgehead atoms. The SMILES string of the molecule is NCc1cc(CNCc2ccco2)ccn1. The molecule has 0 aliphatic heterocycles. The van der Waals surface area contributed by atoms with Crippen LogP contribution in [-0.4, -0.2) is 4.98 Å². The maximum atomic E-state index is 5.53. The number of hydrogen-bond donors (Lipinski definition) is 2. The minimum atomic E-state index is 0.478. The van der Waals surface area contributed by atoms with E-state index in [1.165, 1.54) is 5.56 Å². The van der Waals surface area contributed by atoms with Gasteiger partial charge in [0.15, 0.2) is 0 Å². The number of hydrogen-bond acceptors (Lipinski definition) is 4. The Morgan fingerprint density at radius 1 is 1.31 bits per heavy atom. The molecule has 0 fully saturated rings. The Kier molecular flexibility index (Phi) is 3.69. The summed E-state index contributed by atoms with van der Waals surface area (Å²) in [6.45, 7) is 2.00. The predicted molar refractivity (Wildman–Crippen MR) is 61.4 cm³/mol. The highest BCUT2D eigenvalue weighted by atomic mass is 16.3. The lowest BCUT2D eigenvalue weighted by molar-refractivity contribution is 0.483. The van der Waals surface area contributed by atoms with Crippen molar-refractivity contribution >= 4 is 0 Å². The molecular formula is C12H15N3O. The van der Waals surface area contributed by atoms with Crippen molar-refractivity contribution < 1.29 is 4.42 Å². The maximum Gasteiger partial charge on any atom is 0.117 e. The fourth-order valence-corrected chi connectivity index (χ4v) is 1.49. The molecule has 2 rings (SSSR count). The smallest absolute Gasteiger partial charge is 0.117 e. The molecule has 0 unspecified atom stereocenters. The van der Waals surface area contributed by atoms with Gasteiger partial charge in [0.2, 0.25) is 0 Å². The van der Waals surface area contributed by atoms with Crippen molar-refractivity contribution in [3.05, 3.63) is 53.7 Å². The molecule has 0 aliphatic rings. The van der Waals surface area contributed by atoms with Crippen LogP contribution in [0, 0.1) is 0 Å². The van der Waals surface area contributed by atoms with Gasteiger partial charge in [-0.15, -0.1) is 0 Å². The van der Waals surface area contributed by atoms with Crippen molar-refractivity contribution in [2.75, 3.05) is 0 Å². The Hall–Kier alpha value is -1.65. The molecule has 0 amide bonds. The van der Waals surface area contributed by atoms with E-state index >= 15 is 0 Å². The summed E-state index contributed by atoms with van der Waals surface area (Å²) in [7, 11) is 0. The topological polar surface area (TPSA) is 64.1 Å². The molecule has 0 radical (unpaired) electrons. The summed E-state index contributed by atoms with van der Waals surface area (Å²) in [5.41, 5.74) is 7.62. The third-order valence-corrected chi connectivity index (χ3v) is 2.30. The van der Waals surface area contributed by atoms with Crippen molar-refractivity contribution in [2.24, 2.45) is 5.73 Å². The van der Waals surface area contributed by atoms with Crippen molar-refractivity contribution in [2.45, 2.75) is 19.6 Å². The number of rotatable bonds is 5. The van der Waals surface area contributed by atoms with Gasteiger partial charge in [-0.25, -0.2) is 0 Å². The van der Waals surface area contributed by atoms with Gasteiger partial charge in [0.05, 0.1) is 18.5 Å². The van der Waals surface area contributed by atoms with Crippen molar-refractivity contribution in [1.29, 1.82) is 0 Å². The third-order valence-electron chi connectivity index (χ3n) is 2.30. The Labute approximate surface area is 94.5 Å². The van der Waals surface area contributed by atoms with E-state index < -0.39 is 0 Å². The van der Waals surface area contributed by atoms with Gasteiger partial charge < -0.3 is 15.5 Å². The second-order valence-electron chi connectivity index (χ2n) is 3.54. The minimum Gasteiger partial charge on any atom is -0.468 e. The Morgan fingerprint density at radius 2 is 2.25 bits per heavy atom. The Morgan fingerprint density at radius 3 is 3.00 bits per heavy atom. The quantitative estimate of drug-likeness (QED) is 0.795. The second-order valence-corrected chi connectivity index (χ2v) is 3.54. The van der Waals surface area contributed by atoms with Gasteiger partial charge in [-0.2, -0.15) is 0 Å². The molecule has 2 aromatic heterocycles. The third kappa shape index (κ3) is 2.92. The van der Waals surface area contributed by atoms with Crippen molar-refractivity contribution in [3.63, 3.8) is 0 Å². The van der Waals surface area contributed by atoms with E-state index in [2.05, 4.69) is 10.3 Å². The van der Waals surface area contributed by atoms with Crippen LogP contribution < -0.4 is 11.1 Å². The molecule has 0 atom stereocenters. The van der Waals surface area contributed by atoms with Gasteiger partial charge in [0, 0.05) is 19.3 Å². The summed E-state index contributed by atoms with van der Waals surface area (Å²) in [6, 6.07) is 7.82. The average molecular weight is 217 g/mol. The normalized spacial score (nSPS) is 10.6. The number of furan rings is 1. The number of nitrogens with two attached hydrogens (primary N) is 1. The van der Waals surface area contributed by atoms with Crippen LogP contribution in [0.3, 0.4) is 0 Å². The van der Waals surface area contributed by atoms with E-state index in [4.69, 9.17) is 10.2 Å². The Bertz CT molecular complexity index is 426. The molecule has 0 saturated heterocycles. The summed E-state index contributed by atoms with van der Waals surface area (Å²) >= 11 is 0. The molecule has 3 N–H and O–H groups in total. The maximum absolute atomic E-state index is 5.53. The number of aromatic nitrogens is 1. The van der Waals surface area contributed by atoms with Crippen LogP contribution in [0.2, 0.25) is 0 Å². The molecule has 2 aromatic rings. The number of nitrogens with zero attached hydrogens (tertiary/aromatic N) is 1. The minimum absolute atomic E-state index is 0.478. The highest BCUT2D eigenvalue weighted by molar-refractivity contribution is 5.16. The van der Waals surface area contributed by atoms with Gasteiger partial charge in [-0.3, -0.25) is 4.98 Å². The zero-order valence-electron chi connectivity index (χ0n) is 9.02. The zero-order chi connectivity index (χ0) is 11.2. The second kappa shape index (κ2) is 5.44. The van der Waals surface area contributed by atoms with Gasteiger partial charge in [0.1, 0.15) is 5.76 Å². The van der Waals surface area contributed by atoms with E-state index in [1.807, 2.05) is 24.3 Å². The summed E-state index contributed by atoms with van der Waals surface area (Å²) < 4.78 is 5.22. The van der Waals surface area contributed by atoms with Crippen LogP contribution in [-0.2, 0) is 19.6 Å². The van der Waals surface area contributed by atoms with Crippen LogP contribution in [0.4, 0.5) is 0 Å². The molecule has 16 heavy (non-hydrogen) atoms. The molecule has 0 spiro atoms. The molecular weight excluding hydrogens is 202 g/mol. The summed E-state index contributed by atoms with van der Waals surface area (Å²) in [5, 5.41) is 3.29. The van der Waals surface area contributed by atoms with Gasteiger partial charge >= 0.3 is 0 Å². The van der Waals surface area contributed by atoms with Crippen LogP contribution >= 0.6 is 0 Å². The van der Waals surface area contributed by atoms with E-state index in [0.717, 1.165) is 24.5 Å². The first-order valence-electron chi connectivity index (χ1n) is 5.25. The standard InChI is InChI=1S/C12H15N3O/c13-7-11-6-10(3-4-15-11)8-14-9-12-2-1-5-16-12/h1-6,14H,7-9,13H2. The number of nitrogens with one attached hydrogen (secondary N) is 1. The molecule has 4 heteroatoms. The van der Waals surface area contributed by atoms with Crippen LogP contribution in [0.25, 0.3) is 0 Å². The van der Waals surface area contributed by atoms with Gasteiger partial charge in [-0.05, 0) is 29.8 Å². The zero-order valence-corrected chi connectivity index (χ0v) is 9.02. The summed E-state index contributed by atoms with van der Waals surface area (Å²) in [5.74, 6) is 0.938. The number of pyridine rings is 1. The largest absolute Gasteiger partial charge is 0.468 e. The first kappa shape index (κ1) is 10.9. The van der Waals surface area contributed by atoms with Gasteiger partial charge in [-0.1, -0.05) is 0 Å². The van der Waals surface area contributed by atoms with Crippen LogP contribution in [0.15, 0.2) is 41.1 Å². The average Bonchev–Trinajstić information content (AvgIpc) is 2.82. The van der Waals surface area contributed by atoms with Crippen LogP contribution in [0.5, 0.6) is 0 Å². The lowest BCUT2D eigenvalue weighted by atomic mass is 10.2. The first-order chi connectivity index (χ1) is 7.88. The van der Waals surface area contributed by atoms with Crippen LogP contribution in [0.1, 0.15) is 17.0 Å². The molecule has 0 aliphatic carbocycles. The first-order valence-corrected chi connectivity index (χ1v) is 5.25. The Balaban J connectivity index is 1.85. The molecule has 0 saturated carbocycles. The fourth-order valence-electron chi connectivity index (χ4n) is 1.49. The van der Waals surface area contributed by atoms with Crippen molar-refractivity contribution in [3.8, 4) is 0 Å². The molecule has 84 valence electrons. The van der Waals surface area contributed by atoms with E-state index in [9.17, 15) is 0 Å². The van der Waals surface area contributed by atoms with E-state index in [-0.39, 0.29) is 0 Å². The molecule has 0 aromatic carbocycles. The fraction of sp³-hybridized carbons (Fsp3) is 0.250.